The van der Waals surface area contributed by atoms with Gasteiger partial charge in [-0.1, -0.05) is 19.9 Å². The maximum Gasteiger partial charge on any atom is 0.324 e. The number of carboxylic acids is 1. The number of fused-ring (bicyclic) bond motifs is 1. The van der Waals surface area contributed by atoms with Gasteiger partial charge in [-0.25, -0.2) is 0 Å². The third-order valence-corrected chi connectivity index (χ3v) is 4.10. The number of aromatic nitrogens is 1. The molecule has 0 aliphatic rings. The monoisotopic (exact) mass is 262 g/mol. The van der Waals surface area contributed by atoms with Gasteiger partial charge in [0.15, 0.2) is 0 Å². The number of phenolic OH excluding ortho intramolecular Hbond substituents is 1. The van der Waals surface area contributed by atoms with Crippen LogP contribution >= 0.6 is 0 Å². The first-order valence-corrected chi connectivity index (χ1v) is 6.01. The minimum absolute atomic E-state index is 0.114. The summed E-state index contributed by atoms with van der Waals surface area (Å²) in [5, 5.41) is 19.9. The molecule has 0 amide bonds. The Morgan fingerprint density at radius 1 is 1.32 bits per heavy atom. The number of carbonyl (C=O) groups is 1. The highest BCUT2D eigenvalue weighted by Gasteiger charge is 2.46. The van der Waals surface area contributed by atoms with E-state index in [1.165, 1.54) is 6.92 Å². The number of aromatic amines is 1. The van der Waals surface area contributed by atoms with Gasteiger partial charge < -0.3 is 20.9 Å². The van der Waals surface area contributed by atoms with Crippen molar-refractivity contribution in [2.24, 2.45) is 5.73 Å². The maximum atomic E-state index is 11.4. The van der Waals surface area contributed by atoms with Crippen molar-refractivity contribution < 1.29 is 15.0 Å². The number of phenols is 1. The summed E-state index contributed by atoms with van der Waals surface area (Å²) in [4.78, 5) is 14.4. The number of rotatable bonds is 3. The fourth-order valence-electron chi connectivity index (χ4n) is 2.21. The lowest BCUT2D eigenvalue weighted by Crippen LogP contribution is -2.58. The number of hydrogen-bond donors (Lipinski definition) is 4. The van der Waals surface area contributed by atoms with Crippen molar-refractivity contribution in [2.45, 2.75) is 31.7 Å². The maximum absolute atomic E-state index is 11.4. The molecule has 0 radical (unpaired) electrons. The van der Waals surface area contributed by atoms with Crippen LogP contribution in [0, 0.1) is 0 Å². The molecule has 1 aromatic carbocycles. The van der Waals surface area contributed by atoms with Gasteiger partial charge in [-0.3, -0.25) is 4.79 Å². The Morgan fingerprint density at radius 2 is 1.95 bits per heavy atom. The number of H-pyrrole nitrogens is 1. The summed E-state index contributed by atoms with van der Waals surface area (Å²) < 4.78 is 0. The molecule has 5 nitrogen and oxygen atoms in total. The van der Waals surface area contributed by atoms with Crippen LogP contribution in [0.25, 0.3) is 10.9 Å². The third-order valence-electron chi connectivity index (χ3n) is 4.10. The minimum Gasteiger partial charge on any atom is -0.507 e. The number of benzene rings is 1. The van der Waals surface area contributed by atoms with Crippen LogP contribution in [-0.2, 0) is 10.2 Å². The molecular weight excluding hydrogens is 244 g/mol. The van der Waals surface area contributed by atoms with Crippen molar-refractivity contribution >= 4 is 16.9 Å². The predicted molar refractivity (Wildman–Crippen MR) is 73.2 cm³/mol. The molecule has 0 aliphatic carbocycles. The minimum atomic E-state index is -1.45. The molecule has 1 aromatic heterocycles. The Bertz CT molecular complexity index is 641. The Kier molecular flexibility index (Phi) is 2.82. The molecule has 0 unspecified atom stereocenters. The van der Waals surface area contributed by atoms with Crippen molar-refractivity contribution in [3.63, 3.8) is 0 Å². The molecule has 102 valence electrons. The predicted octanol–water partition coefficient (Wildman–Crippen LogP) is 1.95. The first-order valence-electron chi connectivity index (χ1n) is 6.01. The van der Waals surface area contributed by atoms with E-state index < -0.39 is 16.9 Å². The van der Waals surface area contributed by atoms with Gasteiger partial charge in [0.25, 0.3) is 0 Å². The molecule has 0 bridgehead atoms. The second-order valence-electron chi connectivity index (χ2n) is 5.53. The lowest BCUT2D eigenvalue weighted by molar-refractivity contribution is -0.145. The summed E-state index contributed by atoms with van der Waals surface area (Å²) in [7, 11) is 0. The molecule has 1 atom stereocenters. The quantitative estimate of drug-likeness (QED) is 0.679. The van der Waals surface area contributed by atoms with Crippen molar-refractivity contribution in [2.75, 3.05) is 0 Å². The molecular formula is C14H18N2O3. The number of nitrogens with one attached hydrogen (secondary N) is 1. The SMILES string of the molecule is CC(C)(c1c[nH]c2cccc(O)c12)[C@](C)(N)C(=O)O. The average molecular weight is 262 g/mol. The summed E-state index contributed by atoms with van der Waals surface area (Å²) in [6.45, 7) is 5.00. The van der Waals surface area contributed by atoms with Gasteiger partial charge in [-0.15, -0.1) is 0 Å². The van der Waals surface area contributed by atoms with Crippen LogP contribution in [0.4, 0.5) is 0 Å². The summed E-state index contributed by atoms with van der Waals surface area (Å²) in [5.41, 5.74) is 5.11. The lowest BCUT2D eigenvalue weighted by atomic mass is 9.69. The van der Waals surface area contributed by atoms with Gasteiger partial charge in [0, 0.05) is 22.5 Å². The molecule has 5 N–H and O–H groups in total. The fraction of sp³-hybridized carbons (Fsp3) is 0.357. The van der Waals surface area contributed by atoms with Crippen LogP contribution in [0.3, 0.4) is 0 Å². The zero-order valence-corrected chi connectivity index (χ0v) is 11.2. The van der Waals surface area contributed by atoms with Crippen LogP contribution in [0.15, 0.2) is 24.4 Å². The molecule has 0 saturated carbocycles. The third kappa shape index (κ3) is 1.77. The van der Waals surface area contributed by atoms with E-state index in [1.807, 2.05) is 6.07 Å². The molecule has 2 aromatic rings. The second kappa shape index (κ2) is 3.99. The van der Waals surface area contributed by atoms with Crippen LogP contribution < -0.4 is 5.73 Å². The summed E-state index contributed by atoms with van der Waals surface area (Å²) >= 11 is 0. The molecule has 0 aliphatic heterocycles. The van der Waals surface area contributed by atoms with Gasteiger partial charge in [0.2, 0.25) is 0 Å². The van der Waals surface area contributed by atoms with Crippen molar-refractivity contribution in [1.29, 1.82) is 0 Å². The summed E-state index contributed by atoms with van der Waals surface area (Å²) in [5.74, 6) is -0.967. The Morgan fingerprint density at radius 3 is 2.53 bits per heavy atom. The Balaban J connectivity index is 2.71. The smallest absolute Gasteiger partial charge is 0.324 e. The highest BCUT2D eigenvalue weighted by molar-refractivity contribution is 5.92. The molecule has 2 rings (SSSR count). The Labute approximate surface area is 111 Å². The molecule has 5 heteroatoms. The van der Waals surface area contributed by atoms with E-state index in [2.05, 4.69) is 4.98 Å². The van der Waals surface area contributed by atoms with Crippen molar-refractivity contribution in [3.8, 4) is 5.75 Å². The fourth-order valence-corrected chi connectivity index (χ4v) is 2.21. The van der Waals surface area contributed by atoms with E-state index in [9.17, 15) is 15.0 Å². The van der Waals surface area contributed by atoms with E-state index in [0.717, 1.165) is 5.52 Å². The Hall–Kier alpha value is -2.01. The highest BCUT2D eigenvalue weighted by Crippen LogP contribution is 2.40. The topological polar surface area (TPSA) is 99.3 Å². The van der Waals surface area contributed by atoms with Crippen LogP contribution in [-0.4, -0.2) is 26.7 Å². The van der Waals surface area contributed by atoms with Gasteiger partial charge in [-0.2, -0.15) is 0 Å². The van der Waals surface area contributed by atoms with Gasteiger partial charge in [0.05, 0.1) is 0 Å². The van der Waals surface area contributed by atoms with Crippen LogP contribution in [0.5, 0.6) is 5.75 Å². The first-order chi connectivity index (χ1) is 8.69. The zero-order chi connectivity index (χ0) is 14.4. The summed E-state index contributed by atoms with van der Waals surface area (Å²) in [6, 6.07) is 5.12. The number of hydrogen-bond acceptors (Lipinski definition) is 3. The molecule has 19 heavy (non-hydrogen) atoms. The number of aromatic hydroxyl groups is 1. The molecule has 0 spiro atoms. The molecule has 0 saturated heterocycles. The normalized spacial score (nSPS) is 15.4. The number of nitrogens with two attached hydrogens (primary N) is 1. The molecule has 0 fully saturated rings. The van der Waals surface area contributed by atoms with Crippen LogP contribution in [0.1, 0.15) is 26.3 Å². The highest BCUT2D eigenvalue weighted by atomic mass is 16.4. The summed E-state index contributed by atoms with van der Waals surface area (Å²) in [6.07, 6.45) is 1.71. The standard InChI is InChI=1S/C14H18N2O3/c1-13(2,14(3,15)12(18)19)8-7-16-9-5-4-6-10(17)11(8)9/h4-7,16-17H,15H2,1-3H3,(H,18,19)/t14-/m1/s1. The van der Waals surface area contributed by atoms with Gasteiger partial charge in [-0.05, 0) is 24.6 Å². The largest absolute Gasteiger partial charge is 0.507 e. The second-order valence-corrected chi connectivity index (χ2v) is 5.53. The van der Waals surface area contributed by atoms with E-state index in [1.54, 1.807) is 32.2 Å². The van der Waals surface area contributed by atoms with Gasteiger partial charge >= 0.3 is 5.97 Å². The van der Waals surface area contributed by atoms with Gasteiger partial charge in [0.1, 0.15) is 11.3 Å². The van der Waals surface area contributed by atoms with Crippen LogP contribution in [0.2, 0.25) is 0 Å². The molecule has 1 heterocycles. The lowest BCUT2D eigenvalue weighted by Gasteiger charge is -2.37. The van der Waals surface area contributed by atoms with E-state index in [-0.39, 0.29) is 5.75 Å². The van der Waals surface area contributed by atoms with Crippen molar-refractivity contribution in [3.05, 3.63) is 30.0 Å². The number of aliphatic carboxylic acids is 1. The van der Waals surface area contributed by atoms with E-state index in [0.29, 0.717) is 10.9 Å². The average Bonchev–Trinajstić information content (AvgIpc) is 2.74. The first kappa shape index (κ1) is 13.4. The van der Waals surface area contributed by atoms with Crippen molar-refractivity contribution in [1.82, 2.24) is 4.98 Å². The number of carboxylic acid groups (broad SMARTS) is 1. The van der Waals surface area contributed by atoms with E-state index >= 15 is 0 Å². The zero-order valence-electron chi connectivity index (χ0n) is 11.2. The van der Waals surface area contributed by atoms with E-state index in [4.69, 9.17) is 5.73 Å².